The Morgan fingerprint density at radius 2 is 1.75 bits per heavy atom. The van der Waals surface area contributed by atoms with Crippen LogP contribution in [-0.4, -0.2) is 34.8 Å². The van der Waals surface area contributed by atoms with Crippen LogP contribution in [0, 0.1) is 0 Å². The number of rotatable bonds is 6. The average molecular weight is 483 g/mol. The molecule has 1 amide bonds. The third-order valence-electron chi connectivity index (χ3n) is 3.65. The van der Waals surface area contributed by atoms with E-state index in [-0.39, 0.29) is 16.6 Å². The number of sulfonamides is 1. The number of aromatic nitrogens is 3. The van der Waals surface area contributed by atoms with Crippen LogP contribution in [0.1, 0.15) is 0 Å². The van der Waals surface area contributed by atoms with E-state index in [4.69, 9.17) is 11.0 Å². The van der Waals surface area contributed by atoms with E-state index in [1.807, 2.05) is 24.3 Å². The fourth-order valence-electron chi connectivity index (χ4n) is 2.34. The van der Waals surface area contributed by atoms with Crippen LogP contribution in [0.15, 0.2) is 63.1 Å². The lowest BCUT2D eigenvalue weighted by atomic mass is 10.2. The third-order valence-corrected chi connectivity index (χ3v) is 6.04. The van der Waals surface area contributed by atoms with Crippen LogP contribution in [0.25, 0.3) is 17.1 Å². The van der Waals surface area contributed by atoms with Crippen molar-refractivity contribution in [2.24, 2.45) is 11.0 Å². The summed E-state index contributed by atoms with van der Waals surface area (Å²) in [6.45, 7) is 0. The Morgan fingerprint density at radius 1 is 1.11 bits per heavy atom. The number of halogens is 1. The zero-order valence-electron chi connectivity index (χ0n) is 14.2. The summed E-state index contributed by atoms with van der Waals surface area (Å²) in [4.78, 5) is 11.5. The second-order valence-corrected chi connectivity index (χ2v) is 8.96. The number of amides is 1. The van der Waals surface area contributed by atoms with E-state index >= 15 is 0 Å². The molecule has 0 radical (unpaired) electrons. The number of carbonyl (C=O) groups is 1. The van der Waals surface area contributed by atoms with Gasteiger partial charge in [0.05, 0.1) is 10.6 Å². The molecule has 5 N–H and O–H groups in total. The lowest BCUT2D eigenvalue weighted by Gasteiger charge is -2.11. The van der Waals surface area contributed by atoms with Gasteiger partial charge in [-0.25, -0.2) is 19.4 Å². The smallest absolute Gasteiger partial charge is 0.244 e. The van der Waals surface area contributed by atoms with Gasteiger partial charge in [0, 0.05) is 15.7 Å². The van der Waals surface area contributed by atoms with Gasteiger partial charge < -0.3 is 0 Å². The second-order valence-electron chi connectivity index (χ2n) is 5.54. The van der Waals surface area contributed by atoms with Crippen molar-refractivity contribution < 1.29 is 13.2 Å². The summed E-state index contributed by atoms with van der Waals surface area (Å²) in [5.41, 5.74) is 3.47. The van der Waals surface area contributed by atoms with Gasteiger partial charge in [0.2, 0.25) is 15.9 Å². The van der Waals surface area contributed by atoms with Gasteiger partial charge in [-0.15, -0.1) is 10.2 Å². The largest absolute Gasteiger partial charge is 0.294 e. The lowest BCUT2D eigenvalue weighted by Crippen LogP contribution is -2.31. The molecule has 0 unspecified atom stereocenters. The molecule has 0 spiro atoms. The number of nitrogens with zero attached hydrogens (tertiary/aromatic N) is 3. The molecule has 0 bridgehead atoms. The molecule has 0 fully saturated rings. The summed E-state index contributed by atoms with van der Waals surface area (Å²) in [6.07, 6.45) is 0. The Kier molecular flexibility index (Phi) is 6.15. The monoisotopic (exact) mass is 482 g/mol. The average Bonchev–Trinajstić information content (AvgIpc) is 3.10. The zero-order valence-corrected chi connectivity index (χ0v) is 17.5. The Bertz CT molecular complexity index is 1100. The van der Waals surface area contributed by atoms with E-state index in [0.717, 1.165) is 21.8 Å². The lowest BCUT2D eigenvalue weighted by molar-refractivity contribution is -0.118. The Morgan fingerprint density at radius 3 is 2.32 bits per heavy atom. The van der Waals surface area contributed by atoms with Crippen molar-refractivity contribution >= 4 is 43.6 Å². The first-order valence-corrected chi connectivity index (χ1v) is 11.1. The maximum Gasteiger partial charge on any atom is 0.244 e. The highest BCUT2D eigenvalue weighted by atomic mass is 79.9. The van der Waals surface area contributed by atoms with Gasteiger partial charge in [0.15, 0.2) is 11.0 Å². The molecule has 3 rings (SSSR count). The van der Waals surface area contributed by atoms with Gasteiger partial charge in [0.25, 0.3) is 0 Å². The number of thioether (sulfide) groups is 1. The maximum absolute atomic E-state index is 11.5. The first kappa shape index (κ1) is 20.5. The topological polar surface area (TPSA) is 146 Å². The number of nitrogens with one attached hydrogen (secondary N) is 1. The summed E-state index contributed by atoms with van der Waals surface area (Å²) in [5, 5.41) is 14.0. The molecule has 28 heavy (non-hydrogen) atoms. The van der Waals surface area contributed by atoms with Crippen molar-refractivity contribution in [1.29, 1.82) is 0 Å². The van der Waals surface area contributed by atoms with E-state index in [1.54, 1.807) is 16.7 Å². The Balaban J connectivity index is 2.08. The zero-order chi connectivity index (χ0) is 20.3. The third kappa shape index (κ3) is 4.59. The van der Waals surface area contributed by atoms with Gasteiger partial charge in [0.1, 0.15) is 0 Å². The second kappa shape index (κ2) is 8.41. The van der Waals surface area contributed by atoms with Gasteiger partial charge in [-0.3, -0.25) is 14.8 Å². The molecule has 1 heterocycles. The fraction of sp³-hybridized carbons (Fsp3) is 0.0625. The molecule has 12 heteroatoms. The molecule has 0 saturated carbocycles. The molecule has 146 valence electrons. The highest BCUT2D eigenvalue weighted by Crippen LogP contribution is 2.29. The number of hydrogen-bond acceptors (Lipinski definition) is 7. The van der Waals surface area contributed by atoms with E-state index in [0.29, 0.717) is 16.7 Å². The minimum absolute atomic E-state index is 0.00812. The van der Waals surface area contributed by atoms with E-state index in [2.05, 4.69) is 31.6 Å². The van der Waals surface area contributed by atoms with Crippen LogP contribution < -0.4 is 16.4 Å². The standard InChI is InChI=1S/C16H15BrN6O3S2/c17-11-3-1-10(2-4-11)15-21-22-16(27-9-14(24)20-18)23(15)12-5-7-13(8-6-12)28(19,25)26/h1-8H,9,18H2,(H,20,24)(H2,19,25,26). The molecule has 0 saturated heterocycles. The quantitative estimate of drug-likeness (QED) is 0.208. The minimum atomic E-state index is -3.81. The van der Waals surface area contributed by atoms with Crippen LogP contribution in [0.3, 0.4) is 0 Å². The first-order valence-electron chi connectivity index (χ1n) is 7.76. The van der Waals surface area contributed by atoms with Crippen LogP contribution in [0.5, 0.6) is 0 Å². The van der Waals surface area contributed by atoms with Crippen molar-refractivity contribution in [3.8, 4) is 17.1 Å². The number of nitrogens with two attached hydrogens (primary N) is 2. The molecule has 3 aromatic rings. The van der Waals surface area contributed by atoms with Crippen LogP contribution in [0.4, 0.5) is 0 Å². The van der Waals surface area contributed by atoms with Crippen LogP contribution >= 0.6 is 27.7 Å². The van der Waals surface area contributed by atoms with E-state index in [1.165, 1.54) is 12.1 Å². The summed E-state index contributed by atoms with van der Waals surface area (Å²) in [7, 11) is -3.81. The maximum atomic E-state index is 11.5. The number of carbonyl (C=O) groups excluding carboxylic acids is 1. The molecule has 2 aromatic carbocycles. The normalized spacial score (nSPS) is 11.4. The summed E-state index contributed by atoms with van der Waals surface area (Å²) < 4.78 is 25.7. The molecule has 0 aliphatic heterocycles. The fourth-order valence-corrected chi connectivity index (χ4v) is 3.88. The summed E-state index contributed by atoms with van der Waals surface area (Å²) in [6, 6.07) is 13.5. The van der Waals surface area contributed by atoms with Gasteiger partial charge in [-0.2, -0.15) is 0 Å². The summed E-state index contributed by atoms with van der Waals surface area (Å²) >= 11 is 4.54. The van der Waals surface area contributed by atoms with Crippen molar-refractivity contribution in [1.82, 2.24) is 20.2 Å². The highest BCUT2D eigenvalue weighted by Gasteiger charge is 2.18. The van der Waals surface area contributed by atoms with Crippen molar-refractivity contribution in [2.75, 3.05) is 5.75 Å². The summed E-state index contributed by atoms with van der Waals surface area (Å²) in [5.74, 6) is 5.34. The molecule has 9 nitrogen and oxygen atoms in total. The van der Waals surface area contributed by atoms with Gasteiger partial charge in [-0.1, -0.05) is 39.8 Å². The van der Waals surface area contributed by atoms with Crippen LogP contribution in [0.2, 0.25) is 0 Å². The Labute approximate surface area is 173 Å². The SMILES string of the molecule is NNC(=O)CSc1nnc(-c2ccc(Br)cc2)n1-c1ccc(S(N)(=O)=O)cc1. The number of hydrazine groups is 1. The van der Waals surface area contributed by atoms with Crippen molar-refractivity contribution in [2.45, 2.75) is 10.1 Å². The number of primary sulfonamides is 1. The van der Waals surface area contributed by atoms with Crippen molar-refractivity contribution in [3.63, 3.8) is 0 Å². The highest BCUT2D eigenvalue weighted by molar-refractivity contribution is 9.10. The number of hydrogen-bond donors (Lipinski definition) is 3. The van der Waals surface area contributed by atoms with Crippen LogP contribution in [-0.2, 0) is 14.8 Å². The molecular formula is C16H15BrN6O3S2. The van der Waals surface area contributed by atoms with E-state index in [9.17, 15) is 13.2 Å². The molecule has 1 aromatic heterocycles. The Hall–Kier alpha value is -2.25. The molecular weight excluding hydrogens is 468 g/mol. The predicted octanol–water partition coefficient (Wildman–Crippen LogP) is 1.43. The molecule has 0 aliphatic rings. The van der Waals surface area contributed by atoms with E-state index < -0.39 is 10.0 Å². The van der Waals surface area contributed by atoms with Gasteiger partial charge >= 0.3 is 0 Å². The molecule has 0 aliphatic carbocycles. The minimum Gasteiger partial charge on any atom is -0.294 e. The first-order chi connectivity index (χ1) is 13.3. The van der Waals surface area contributed by atoms with Crippen molar-refractivity contribution in [3.05, 3.63) is 53.0 Å². The number of benzene rings is 2. The van der Waals surface area contributed by atoms with Gasteiger partial charge in [-0.05, 0) is 36.4 Å². The predicted molar refractivity (Wildman–Crippen MR) is 109 cm³/mol. The molecule has 0 atom stereocenters.